The van der Waals surface area contributed by atoms with E-state index >= 15 is 0 Å². The molecule has 0 saturated carbocycles. The summed E-state index contributed by atoms with van der Waals surface area (Å²) in [6.45, 7) is 2.81. The van der Waals surface area contributed by atoms with Gasteiger partial charge in [-0.1, -0.05) is 19.4 Å². The van der Waals surface area contributed by atoms with Gasteiger partial charge in [-0.2, -0.15) is 5.10 Å². The number of pyridine rings is 1. The summed E-state index contributed by atoms with van der Waals surface area (Å²) >= 11 is 5.45. The third-order valence-corrected chi connectivity index (χ3v) is 3.68. The van der Waals surface area contributed by atoms with E-state index in [0.717, 1.165) is 40.2 Å². The molecule has 3 heterocycles. The topological polar surface area (TPSA) is 51.4 Å². The van der Waals surface area contributed by atoms with Crippen LogP contribution in [0.25, 0.3) is 11.2 Å². The quantitative estimate of drug-likeness (QED) is 0.751. The standard InChI is InChI=1S/C14H17N5S/c1-3-6-11-12-13(18(2)17-11)19(14(20)16-12)9-10-7-4-5-8-15-10/h4-5,7-8H,3,6,9H2,1-2H3,(H,16,20). The molecule has 3 aromatic rings. The summed E-state index contributed by atoms with van der Waals surface area (Å²) in [5.41, 5.74) is 4.15. The van der Waals surface area contributed by atoms with Crippen LogP contribution in [0.2, 0.25) is 0 Å². The van der Waals surface area contributed by atoms with Crippen molar-refractivity contribution < 1.29 is 0 Å². The summed E-state index contributed by atoms with van der Waals surface area (Å²) in [4.78, 5) is 7.65. The zero-order chi connectivity index (χ0) is 14.1. The van der Waals surface area contributed by atoms with Crippen molar-refractivity contribution in [2.24, 2.45) is 7.05 Å². The first-order valence-corrected chi connectivity index (χ1v) is 7.15. The number of aromatic amines is 1. The predicted octanol–water partition coefficient (Wildman–Crippen LogP) is 2.83. The van der Waals surface area contributed by atoms with E-state index in [1.54, 1.807) is 6.20 Å². The number of fused-ring (bicyclic) bond motifs is 1. The highest BCUT2D eigenvalue weighted by molar-refractivity contribution is 7.71. The summed E-state index contributed by atoms with van der Waals surface area (Å²) in [6, 6.07) is 5.91. The average molecular weight is 287 g/mol. The first kappa shape index (κ1) is 13.1. The van der Waals surface area contributed by atoms with Crippen molar-refractivity contribution in [1.29, 1.82) is 0 Å². The van der Waals surface area contributed by atoms with E-state index in [1.807, 2.05) is 29.9 Å². The third kappa shape index (κ3) is 2.16. The minimum atomic E-state index is 0.658. The Morgan fingerprint density at radius 2 is 2.20 bits per heavy atom. The minimum absolute atomic E-state index is 0.658. The molecule has 0 spiro atoms. The van der Waals surface area contributed by atoms with Crippen molar-refractivity contribution in [3.63, 3.8) is 0 Å². The smallest absolute Gasteiger partial charge is 0.179 e. The summed E-state index contributed by atoms with van der Waals surface area (Å²) in [5, 5.41) is 4.58. The number of hydrogen-bond donors (Lipinski definition) is 1. The van der Waals surface area contributed by atoms with Crippen LogP contribution < -0.4 is 0 Å². The molecule has 6 heteroatoms. The first-order chi connectivity index (χ1) is 9.70. The maximum atomic E-state index is 5.45. The van der Waals surface area contributed by atoms with Gasteiger partial charge < -0.3 is 4.98 Å². The van der Waals surface area contributed by atoms with E-state index in [1.165, 1.54) is 0 Å². The number of rotatable bonds is 4. The number of nitrogens with zero attached hydrogens (tertiary/aromatic N) is 4. The lowest BCUT2D eigenvalue weighted by atomic mass is 10.2. The van der Waals surface area contributed by atoms with Gasteiger partial charge in [0.05, 0.1) is 17.9 Å². The van der Waals surface area contributed by atoms with Gasteiger partial charge >= 0.3 is 0 Å². The lowest BCUT2D eigenvalue weighted by Gasteiger charge is -2.04. The zero-order valence-corrected chi connectivity index (χ0v) is 12.4. The van der Waals surface area contributed by atoms with Gasteiger partial charge in [0.1, 0.15) is 5.52 Å². The molecule has 1 N–H and O–H groups in total. The second kappa shape index (κ2) is 5.20. The number of hydrogen-bond acceptors (Lipinski definition) is 3. The average Bonchev–Trinajstić information content (AvgIpc) is 2.91. The van der Waals surface area contributed by atoms with E-state index in [9.17, 15) is 0 Å². The first-order valence-electron chi connectivity index (χ1n) is 6.75. The SMILES string of the molecule is CCCc1nn(C)c2c1[nH]c(=S)n2Cc1ccccn1. The summed E-state index contributed by atoms with van der Waals surface area (Å²) < 4.78 is 4.67. The Labute approximate surface area is 122 Å². The molecule has 0 aromatic carbocycles. The van der Waals surface area contributed by atoms with Gasteiger partial charge in [-0.05, 0) is 30.8 Å². The number of imidazole rings is 1. The van der Waals surface area contributed by atoms with Crippen molar-refractivity contribution in [2.45, 2.75) is 26.3 Å². The Hall–Kier alpha value is -1.95. The minimum Gasteiger partial charge on any atom is -0.328 e. The molecular formula is C14H17N5S. The molecule has 0 fully saturated rings. The molecular weight excluding hydrogens is 270 g/mol. The Kier molecular flexibility index (Phi) is 3.40. The van der Waals surface area contributed by atoms with E-state index in [-0.39, 0.29) is 0 Å². The van der Waals surface area contributed by atoms with Crippen molar-refractivity contribution in [2.75, 3.05) is 0 Å². The van der Waals surface area contributed by atoms with Gasteiger partial charge in [-0.25, -0.2) is 0 Å². The highest BCUT2D eigenvalue weighted by Crippen LogP contribution is 2.19. The fraction of sp³-hybridized carbons (Fsp3) is 0.357. The lowest BCUT2D eigenvalue weighted by Crippen LogP contribution is -2.05. The fourth-order valence-electron chi connectivity index (χ4n) is 2.49. The molecule has 3 aromatic heterocycles. The second-order valence-corrected chi connectivity index (χ2v) is 5.24. The van der Waals surface area contributed by atoms with Crippen LogP contribution in [-0.2, 0) is 20.0 Å². The third-order valence-electron chi connectivity index (χ3n) is 3.36. The highest BCUT2D eigenvalue weighted by atomic mass is 32.1. The van der Waals surface area contributed by atoms with Crippen LogP contribution in [0.5, 0.6) is 0 Å². The Morgan fingerprint density at radius 3 is 2.90 bits per heavy atom. The van der Waals surface area contributed by atoms with Crippen molar-refractivity contribution >= 4 is 23.4 Å². The molecule has 0 radical (unpaired) electrons. The summed E-state index contributed by atoms with van der Waals surface area (Å²) in [5.74, 6) is 0. The normalized spacial score (nSPS) is 11.3. The van der Waals surface area contributed by atoms with Gasteiger partial charge in [0.15, 0.2) is 10.4 Å². The maximum absolute atomic E-state index is 5.45. The second-order valence-electron chi connectivity index (χ2n) is 4.86. The molecule has 104 valence electrons. The zero-order valence-electron chi connectivity index (χ0n) is 11.6. The van der Waals surface area contributed by atoms with E-state index in [0.29, 0.717) is 6.54 Å². The molecule has 0 saturated heterocycles. The number of H-pyrrole nitrogens is 1. The molecule has 0 aliphatic heterocycles. The van der Waals surface area contributed by atoms with Crippen LogP contribution in [0.1, 0.15) is 24.7 Å². The van der Waals surface area contributed by atoms with Gasteiger partial charge in [-0.15, -0.1) is 0 Å². The molecule has 0 aliphatic carbocycles. The molecule has 5 nitrogen and oxygen atoms in total. The van der Waals surface area contributed by atoms with Gasteiger partial charge in [-0.3, -0.25) is 14.2 Å². The largest absolute Gasteiger partial charge is 0.328 e. The van der Waals surface area contributed by atoms with Crippen LogP contribution >= 0.6 is 12.2 Å². The van der Waals surface area contributed by atoms with E-state index in [4.69, 9.17) is 12.2 Å². The fourth-order valence-corrected chi connectivity index (χ4v) is 2.74. The summed E-state index contributed by atoms with van der Waals surface area (Å²) in [7, 11) is 1.96. The summed E-state index contributed by atoms with van der Waals surface area (Å²) in [6.07, 6.45) is 3.82. The van der Waals surface area contributed by atoms with Crippen molar-refractivity contribution in [3.8, 4) is 0 Å². The Balaban J connectivity index is 2.11. The maximum Gasteiger partial charge on any atom is 0.179 e. The van der Waals surface area contributed by atoms with Crippen molar-refractivity contribution in [1.82, 2.24) is 24.3 Å². The van der Waals surface area contributed by atoms with Gasteiger partial charge in [0, 0.05) is 13.2 Å². The Bertz CT molecular complexity index is 781. The van der Waals surface area contributed by atoms with Gasteiger partial charge in [0.2, 0.25) is 0 Å². The van der Waals surface area contributed by atoms with Crippen molar-refractivity contribution in [3.05, 3.63) is 40.6 Å². The van der Waals surface area contributed by atoms with Crippen LogP contribution in [0.3, 0.4) is 0 Å². The molecule has 3 rings (SSSR count). The van der Waals surface area contributed by atoms with Crippen LogP contribution in [0.4, 0.5) is 0 Å². The molecule has 0 amide bonds. The molecule has 0 aliphatic rings. The van der Waals surface area contributed by atoms with Crippen LogP contribution in [0, 0.1) is 4.77 Å². The molecule has 0 bridgehead atoms. The van der Waals surface area contributed by atoms with Crippen LogP contribution in [-0.4, -0.2) is 24.3 Å². The number of aryl methyl sites for hydroxylation is 2. The monoisotopic (exact) mass is 287 g/mol. The molecule has 0 unspecified atom stereocenters. The number of nitrogens with one attached hydrogen (secondary N) is 1. The molecule has 20 heavy (non-hydrogen) atoms. The predicted molar refractivity (Wildman–Crippen MR) is 81.2 cm³/mol. The number of aromatic nitrogens is 5. The van der Waals surface area contributed by atoms with Gasteiger partial charge in [0.25, 0.3) is 0 Å². The van der Waals surface area contributed by atoms with E-state index < -0.39 is 0 Å². The van der Waals surface area contributed by atoms with Crippen LogP contribution in [0.15, 0.2) is 24.4 Å². The van der Waals surface area contributed by atoms with E-state index in [2.05, 4.69) is 26.6 Å². The molecule has 0 atom stereocenters. The lowest BCUT2D eigenvalue weighted by molar-refractivity contribution is 0.697. The Morgan fingerprint density at radius 1 is 1.35 bits per heavy atom. The highest BCUT2D eigenvalue weighted by Gasteiger charge is 2.15.